The third kappa shape index (κ3) is 2.80. The Morgan fingerprint density at radius 3 is 2.58 bits per heavy atom. The molecule has 0 aliphatic heterocycles. The molecule has 0 saturated carbocycles. The molecule has 0 bridgehead atoms. The van der Waals surface area contributed by atoms with Gasteiger partial charge >= 0.3 is 0 Å². The summed E-state index contributed by atoms with van der Waals surface area (Å²) in [5.74, 6) is -1.42. The second-order valence-electron chi connectivity index (χ2n) is 4.24. The summed E-state index contributed by atoms with van der Waals surface area (Å²) in [5, 5.41) is 9.56. The van der Waals surface area contributed by atoms with Crippen LogP contribution in [0.2, 0.25) is 0 Å². The average molecular weight is 259 g/mol. The van der Waals surface area contributed by atoms with Crippen LogP contribution < -0.4 is 5.73 Å². The third-order valence-corrected chi connectivity index (χ3v) is 3.04. The van der Waals surface area contributed by atoms with E-state index in [1.807, 2.05) is 0 Å². The van der Waals surface area contributed by atoms with Crippen LogP contribution in [0, 0.1) is 5.82 Å². The molecular weight excluding hydrogens is 245 g/mol. The van der Waals surface area contributed by atoms with Crippen molar-refractivity contribution in [1.29, 1.82) is 0 Å². The molecule has 0 unspecified atom stereocenters. The molecule has 2 rings (SSSR count). The number of primary amides is 1. The number of benzene rings is 2. The minimum absolute atomic E-state index is 0.228. The Balaban J connectivity index is 2.51. The van der Waals surface area contributed by atoms with E-state index >= 15 is 0 Å². The summed E-state index contributed by atoms with van der Waals surface area (Å²) in [6.07, 6.45) is 0. The largest absolute Gasteiger partial charge is 0.395 e. The molecule has 1 atom stereocenters. The van der Waals surface area contributed by atoms with E-state index in [0.29, 0.717) is 16.7 Å². The monoisotopic (exact) mass is 259 g/mol. The van der Waals surface area contributed by atoms with Gasteiger partial charge in [-0.2, -0.15) is 0 Å². The number of carbonyl (C=O) groups excluding carboxylic acids is 1. The van der Waals surface area contributed by atoms with Crippen LogP contribution in [0.15, 0.2) is 48.5 Å². The molecule has 2 aromatic carbocycles. The first-order chi connectivity index (χ1) is 9.13. The van der Waals surface area contributed by atoms with Crippen LogP contribution in [0.1, 0.15) is 27.4 Å². The first-order valence-corrected chi connectivity index (χ1v) is 5.88. The highest BCUT2D eigenvalue weighted by molar-refractivity contribution is 5.94. The maximum absolute atomic E-state index is 13.3. The summed E-state index contributed by atoms with van der Waals surface area (Å²) < 4.78 is 13.3. The first-order valence-electron chi connectivity index (χ1n) is 5.88. The summed E-state index contributed by atoms with van der Waals surface area (Å²) in [7, 11) is 0. The molecule has 3 N–H and O–H groups in total. The van der Waals surface area contributed by atoms with Crippen LogP contribution in [-0.2, 0) is 0 Å². The normalized spacial score (nSPS) is 12.1. The molecule has 0 aliphatic rings. The van der Waals surface area contributed by atoms with Gasteiger partial charge in [0.15, 0.2) is 0 Å². The molecule has 3 nitrogen and oxygen atoms in total. The zero-order chi connectivity index (χ0) is 13.8. The van der Waals surface area contributed by atoms with Crippen LogP contribution >= 0.6 is 0 Å². The van der Waals surface area contributed by atoms with Gasteiger partial charge < -0.3 is 10.8 Å². The SMILES string of the molecule is NC(=O)c1ccccc1[C@@H](CO)c1cccc(F)c1. The minimum atomic E-state index is -0.564. The molecule has 0 aromatic heterocycles. The van der Waals surface area contributed by atoms with E-state index in [9.17, 15) is 14.3 Å². The van der Waals surface area contributed by atoms with Gasteiger partial charge in [-0.1, -0.05) is 30.3 Å². The zero-order valence-corrected chi connectivity index (χ0v) is 10.2. The number of amides is 1. The number of nitrogens with two attached hydrogens (primary N) is 1. The lowest BCUT2D eigenvalue weighted by molar-refractivity contribution is 0.0999. The number of hydrogen-bond donors (Lipinski definition) is 2. The molecule has 4 heteroatoms. The predicted molar refractivity (Wildman–Crippen MR) is 70.3 cm³/mol. The van der Waals surface area contributed by atoms with Crippen LogP contribution in [0.25, 0.3) is 0 Å². The summed E-state index contributed by atoms with van der Waals surface area (Å²) in [6.45, 7) is -0.228. The molecule has 2 aromatic rings. The summed E-state index contributed by atoms with van der Waals surface area (Å²) >= 11 is 0. The van der Waals surface area contributed by atoms with E-state index in [1.165, 1.54) is 12.1 Å². The molecule has 0 heterocycles. The summed E-state index contributed by atoms with van der Waals surface area (Å²) in [4.78, 5) is 11.4. The average Bonchev–Trinajstić information content (AvgIpc) is 2.40. The van der Waals surface area contributed by atoms with Crippen molar-refractivity contribution in [2.24, 2.45) is 5.73 Å². The van der Waals surface area contributed by atoms with Gasteiger partial charge in [0.1, 0.15) is 5.82 Å². The van der Waals surface area contributed by atoms with Gasteiger partial charge in [0, 0.05) is 11.5 Å². The van der Waals surface area contributed by atoms with Gasteiger partial charge in [-0.3, -0.25) is 4.79 Å². The van der Waals surface area contributed by atoms with E-state index in [-0.39, 0.29) is 12.4 Å². The Labute approximate surface area is 110 Å². The van der Waals surface area contributed by atoms with Gasteiger partial charge in [0.25, 0.3) is 0 Å². The quantitative estimate of drug-likeness (QED) is 0.882. The zero-order valence-electron chi connectivity index (χ0n) is 10.2. The maximum atomic E-state index is 13.3. The van der Waals surface area contributed by atoms with E-state index in [1.54, 1.807) is 36.4 Å². The highest BCUT2D eigenvalue weighted by Gasteiger charge is 2.19. The van der Waals surface area contributed by atoms with Crippen molar-refractivity contribution in [2.75, 3.05) is 6.61 Å². The third-order valence-electron chi connectivity index (χ3n) is 3.04. The predicted octanol–water partition coefficient (Wildman–Crippen LogP) is 2.05. The second-order valence-corrected chi connectivity index (χ2v) is 4.24. The van der Waals surface area contributed by atoms with Crippen LogP contribution in [0.4, 0.5) is 4.39 Å². The van der Waals surface area contributed by atoms with Crippen LogP contribution in [-0.4, -0.2) is 17.6 Å². The van der Waals surface area contributed by atoms with E-state index in [4.69, 9.17) is 5.73 Å². The number of rotatable bonds is 4. The lowest BCUT2D eigenvalue weighted by atomic mass is 9.88. The Hall–Kier alpha value is -2.20. The molecule has 0 saturated heterocycles. The van der Waals surface area contributed by atoms with Crippen LogP contribution in [0.5, 0.6) is 0 Å². The first kappa shape index (κ1) is 13.2. The fourth-order valence-electron chi connectivity index (χ4n) is 2.13. The fraction of sp³-hybridized carbons (Fsp3) is 0.133. The van der Waals surface area contributed by atoms with Gasteiger partial charge in [0.05, 0.1) is 6.61 Å². The van der Waals surface area contributed by atoms with E-state index in [0.717, 1.165) is 0 Å². The molecule has 1 amide bonds. The number of hydrogen-bond acceptors (Lipinski definition) is 2. The van der Waals surface area contributed by atoms with Crippen molar-refractivity contribution in [3.05, 3.63) is 71.0 Å². The van der Waals surface area contributed by atoms with E-state index < -0.39 is 11.8 Å². The number of halogens is 1. The maximum Gasteiger partial charge on any atom is 0.249 e. The Kier molecular flexibility index (Phi) is 3.92. The minimum Gasteiger partial charge on any atom is -0.395 e. The van der Waals surface area contributed by atoms with Crippen molar-refractivity contribution in [1.82, 2.24) is 0 Å². The summed E-state index contributed by atoms with van der Waals surface area (Å²) in [5.41, 5.74) is 6.87. The lowest BCUT2D eigenvalue weighted by Crippen LogP contribution is -2.17. The van der Waals surface area contributed by atoms with Crippen molar-refractivity contribution in [3.8, 4) is 0 Å². The molecule has 0 fully saturated rings. The molecule has 0 spiro atoms. The van der Waals surface area contributed by atoms with Crippen molar-refractivity contribution in [2.45, 2.75) is 5.92 Å². The number of aliphatic hydroxyl groups is 1. The number of aliphatic hydroxyl groups excluding tert-OH is 1. The fourth-order valence-corrected chi connectivity index (χ4v) is 2.13. The van der Waals surface area contributed by atoms with Crippen molar-refractivity contribution in [3.63, 3.8) is 0 Å². The Morgan fingerprint density at radius 2 is 1.95 bits per heavy atom. The molecular formula is C15H14FNO2. The van der Waals surface area contributed by atoms with Gasteiger partial charge in [-0.25, -0.2) is 4.39 Å². The van der Waals surface area contributed by atoms with E-state index in [2.05, 4.69) is 0 Å². The molecule has 98 valence electrons. The van der Waals surface area contributed by atoms with Crippen molar-refractivity contribution >= 4 is 5.91 Å². The molecule has 0 radical (unpaired) electrons. The summed E-state index contributed by atoms with van der Waals surface area (Å²) in [6, 6.07) is 12.7. The van der Waals surface area contributed by atoms with Gasteiger partial charge in [-0.05, 0) is 29.3 Å². The number of carbonyl (C=O) groups is 1. The highest BCUT2D eigenvalue weighted by Crippen LogP contribution is 2.27. The van der Waals surface area contributed by atoms with Gasteiger partial charge in [0.2, 0.25) is 5.91 Å². The topological polar surface area (TPSA) is 63.3 Å². The highest BCUT2D eigenvalue weighted by atomic mass is 19.1. The lowest BCUT2D eigenvalue weighted by Gasteiger charge is -2.17. The molecule has 0 aliphatic carbocycles. The Morgan fingerprint density at radius 1 is 1.21 bits per heavy atom. The molecule has 19 heavy (non-hydrogen) atoms. The van der Waals surface area contributed by atoms with Crippen LogP contribution in [0.3, 0.4) is 0 Å². The van der Waals surface area contributed by atoms with Crippen molar-refractivity contribution < 1.29 is 14.3 Å². The standard InChI is InChI=1S/C15H14FNO2/c16-11-5-3-4-10(8-11)14(9-18)12-6-1-2-7-13(12)15(17)19/h1-8,14,18H,9H2,(H2,17,19)/t14-/m0/s1. The smallest absolute Gasteiger partial charge is 0.249 e. The Bertz CT molecular complexity index is 598. The van der Waals surface area contributed by atoms with Gasteiger partial charge in [-0.15, -0.1) is 0 Å². The second kappa shape index (κ2) is 5.63.